The highest BCUT2D eigenvalue weighted by atomic mass is 31.2. The summed E-state index contributed by atoms with van der Waals surface area (Å²) in [6, 6.07) is 16.5. The van der Waals surface area contributed by atoms with Crippen molar-refractivity contribution in [2.45, 2.75) is 63.8 Å². The minimum atomic E-state index is -3.23. The quantitative estimate of drug-likeness (QED) is 0.0756. The lowest BCUT2D eigenvalue weighted by Gasteiger charge is -2.27. The monoisotopic (exact) mass is 663 g/mol. The van der Waals surface area contributed by atoms with Gasteiger partial charge in [0, 0.05) is 26.7 Å². The largest absolute Gasteiger partial charge is 0.460 e. The van der Waals surface area contributed by atoms with Crippen LogP contribution in [0.4, 0.5) is 8.78 Å². The molecule has 250 valence electrons. The number of amides is 1. The molecular weight excluding hydrogens is 623 g/mol. The first-order valence-electron chi connectivity index (χ1n) is 14.5. The molecule has 0 spiro atoms. The number of alkyl halides is 2. The summed E-state index contributed by atoms with van der Waals surface area (Å²) >= 11 is 0. The van der Waals surface area contributed by atoms with E-state index in [9.17, 15) is 23.2 Å². The zero-order chi connectivity index (χ0) is 33.5. The van der Waals surface area contributed by atoms with Crippen LogP contribution in [0.2, 0.25) is 0 Å². The predicted molar refractivity (Wildman–Crippen MR) is 168 cm³/mol. The standard InChI is InChI=1S/C31H40F2N5O7P/c1-22(28(40)42-18-24-11-7-5-8-12-24)36-46(37-23(2)29(41)43-19-25-13-9-6-10-14-25)44-20-26-17-31(32,33)30(45-26)38(4)16-15-27(34-3)35-21-39/h5-16,21-23,26,30,36-37H,17-20H2,1-4H3,(H,34,35,39)/b16-15-. The summed E-state index contributed by atoms with van der Waals surface area (Å²) in [5.41, 5.74) is 1.61. The average molecular weight is 664 g/mol. The van der Waals surface area contributed by atoms with Crippen LogP contribution in [0.3, 0.4) is 0 Å². The average Bonchev–Trinajstić information content (AvgIpc) is 3.37. The zero-order valence-corrected chi connectivity index (χ0v) is 27.0. The molecule has 3 N–H and O–H groups in total. The van der Waals surface area contributed by atoms with Crippen LogP contribution in [0.15, 0.2) is 77.9 Å². The number of esters is 2. The van der Waals surface area contributed by atoms with Gasteiger partial charge in [-0.3, -0.25) is 19.4 Å². The van der Waals surface area contributed by atoms with E-state index in [0.29, 0.717) is 6.41 Å². The van der Waals surface area contributed by atoms with Gasteiger partial charge in [0.1, 0.15) is 31.1 Å². The van der Waals surface area contributed by atoms with Crippen LogP contribution in [0.5, 0.6) is 0 Å². The Hall–Kier alpha value is -3.81. The second-order valence-electron chi connectivity index (χ2n) is 10.4. The third-order valence-corrected chi connectivity index (χ3v) is 8.28. The summed E-state index contributed by atoms with van der Waals surface area (Å²) < 4.78 is 52.3. The van der Waals surface area contributed by atoms with Crippen LogP contribution in [0.25, 0.3) is 0 Å². The van der Waals surface area contributed by atoms with Crippen molar-refractivity contribution < 1.29 is 41.9 Å². The van der Waals surface area contributed by atoms with E-state index in [2.05, 4.69) is 20.5 Å². The summed E-state index contributed by atoms with van der Waals surface area (Å²) in [5, 5.41) is 8.31. The Morgan fingerprint density at radius 1 is 1.02 bits per heavy atom. The first-order chi connectivity index (χ1) is 22.0. The molecular formula is C31H40F2N5O7P. The van der Waals surface area contributed by atoms with Crippen LogP contribution >= 0.6 is 8.45 Å². The van der Waals surface area contributed by atoms with Crippen LogP contribution in [-0.2, 0) is 46.3 Å². The molecule has 1 aliphatic heterocycles. The first kappa shape index (κ1) is 36.7. The zero-order valence-electron chi connectivity index (χ0n) is 26.1. The molecule has 0 aromatic heterocycles. The van der Waals surface area contributed by atoms with Gasteiger partial charge in [0.25, 0.3) is 5.92 Å². The molecule has 4 unspecified atom stereocenters. The lowest BCUT2D eigenvalue weighted by molar-refractivity contribution is -0.147. The number of halogens is 2. The first-order valence-corrected chi connectivity index (χ1v) is 15.7. The Morgan fingerprint density at radius 2 is 1.54 bits per heavy atom. The molecule has 0 saturated carbocycles. The molecule has 3 rings (SSSR count). The number of amidine groups is 1. The van der Waals surface area contributed by atoms with Gasteiger partial charge < -0.3 is 29.0 Å². The molecule has 1 fully saturated rings. The molecule has 4 atom stereocenters. The topological polar surface area (TPSA) is 140 Å². The fraction of sp³-hybridized carbons (Fsp3) is 0.419. The summed E-state index contributed by atoms with van der Waals surface area (Å²) in [5.74, 6) is -4.20. The van der Waals surface area contributed by atoms with E-state index in [1.165, 1.54) is 31.3 Å². The Kier molecular flexibility index (Phi) is 14.6. The van der Waals surface area contributed by atoms with Gasteiger partial charge in [-0.1, -0.05) is 60.7 Å². The summed E-state index contributed by atoms with van der Waals surface area (Å²) in [6.07, 6.45) is -0.155. The van der Waals surface area contributed by atoms with Crippen molar-refractivity contribution in [3.05, 3.63) is 84.1 Å². The minimum Gasteiger partial charge on any atom is -0.460 e. The second kappa shape index (κ2) is 18.4. The van der Waals surface area contributed by atoms with Gasteiger partial charge in [0.2, 0.25) is 6.41 Å². The van der Waals surface area contributed by atoms with Crippen LogP contribution < -0.4 is 15.5 Å². The smallest absolute Gasteiger partial charge is 0.323 e. The van der Waals surface area contributed by atoms with Crippen molar-refractivity contribution in [2.75, 3.05) is 20.7 Å². The van der Waals surface area contributed by atoms with Crippen LogP contribution in [0.1, 0.15) is 31.4 Å². The normalized spacial score (nSPS) is 19.7. The van der Waals surface area contributed by atoms with Crippen LogP contribution in [-0.4, -0.2) is 80.1 Å². The fourth-order valence-corrected chi connectivity index (χ4v) is 5.63. The van der Waals surface area contributed by atoms with Crippen LogP contribution in [0, 0.1) is 0 Å². The van der Waals surface area contributed by atoms with E-state index in [1.807, 2.05) is 60.7 Å². The molecule has 1 heterocycles. The highest BCUT2D eigenvalue weighted by Crippen LogP contribution is 2.39. The maximum atomic E-state index is 15.0. The number of carbonyl (C=O) groups excluding carboxylic acids is 3. The Morgan fingerprint density at radius 3 is 2.02 bits per heavy atom. The molecule has 0 bridgehead atoms. The van der Waals surface area contributed by atoms with Gasteiger partial charge in [0.05, 0.1) is 12.7 Å². The van der Waals surface area contributed by atoms with E-state index in [1.54, 1.807) is 13.8 Å². The van der Waals surface area contributed by atoms with Crippen molar-refractivity contribution in [1.29, 1.82) is 0 Å². The Balaban J connectivity index is 1.62. The van der Waals surface area contributed by atoms with Gasteiger partial charge in [0.15, 0.2) is 14.7 Å². The lowest BCUT2D eigenvalue weighted by Crippen LogP contribution is -2.41. The molecule has 1 amide bonds. The highest BCUT2D eigenvalue weighted by Gasteiger charge is 2.52. The molecule has 2 aromatic carbocycles. The molecule has 46 heavy (non-hydrogen) atoms. The number of hydrogen-bond acceptors (Lipinski definition) is 11. The summed E-state index contributed by atoms with van der Waals surface area (Å²) in [4.78, 5) is 41.2. The number of nitrogens with one attached hydrogen (secondary N) is 3. The van der Waals surface area contributed by atoms with Gasteiger partial charge in [-0.25, -0.2) is 19.0 Å². The minimum absolute atomic E-state index is 0.0608. The Bertz CT molecular complexity index is 1260. The predicted octanol–water partition coefficient (Wildman–Crippen LogP) is 3.64. The maximum absolute atomic E-state index is 15.0. The number of nitrogens with zero attached hydrogens (tertiary/aromatic N) is 2. The van der Waals surface area contributed by atoms with Gasteiger partial charge in [-0.05, 0) is 31.1 Å². The number of carbonyl (C=O) groups is 3. The third kappa shape index (κ3) is 11.8. The molecule has 0 radical (unpaired) electrons. The number of aliphatic imine (C=N–C) groups is 1. The van der Waals surface area contributed by atoms with Crippen molar-refractivity contribution in [2.24, 2.45) is 4.99 Å². The number of rotatable bonds is 17. The van der Waals surface area contributed by atoms with E-state index >= 15 is 0 Å². The molecule has 12 nitrogen and oxygen atoms in total. The number of benzene rings is 2. The fourth-order valence-electron chi connectivity index (χ4n) is 4.17. The molecule has 15 heteroatoms. The molecule has 0 aliphatic carbocycles. The summed E-state index contributed by atoms with van der Waals surface area (Å²) in [7, 11) is 0.909. The van der Waals surface area contributed by atoms with Gasteiger partial charge in [-0.2, -0.15) is 0 Å². The molecule has 2 aromatic rings. The van der Waals surface area contributed by atoms with Gasteiger partial charge in [-0.15, -0.1) is 0 Å². The Labute approximate surface area is 268 Å². The third-order valence-electron chi connectivity index (χ3n) is 6.63. The number of hydrogen-bond donors (Lipinski definition) is 3. The van der Waals surface area contributed by atoms with E-state index < -0.39 is 57.1 Å². The van der Waals surface area contributed by atoms with Crippen molar-refractivity contribution in [1.82, 2.24) is 20.4 Å². The second-order valence-corrected chi connectivity index (χ2v) is 11.8. The maximum Gasteiger partial charge on any atom is 0.323 e. The van der Waals surface area contributed by atoms with Gasteiger partial charge >= 0.3 is 11.9 Å². The van der Waals surface area contributed by atoms with Crippen molar-refractivity contribution >= 4 is 32.6 Å². The van der Waals surface area contributed by atoms with Crippen molar-refractivity contribution in [3.63, 3.8) is 0 Å². The molecule has 1 saturated heterocycles. The summed E-state index contributed by atoms with van der Waals surface area (Å²) in [6.45, 7) is 2.98. The highest BCUT2D eigenvalue weighted by molar-refractivity contribution is 7.48. The molecule has 1 aliphatic rings. The lowest BCUT2D eigenvalue weighted by atomic mass is 10.2. The van der Waals surface area contributed by atoms with E-state index in [-0.39, 0.29) is 25.7 Å². The van der Waals surface area contributed by atoms with Crippen molar-refractivity contribution in [3.8, 4) is 0 Å². The van der Waals surface area contributed by atoms with E-state index in [0.717, 1.165) is 11.1 Å². The number of ether oxygens (including phenoxy) is 3. The SMILES string of the molecule is CN=C(/C=C\N(C)C1OC(COP(NC(C)C(=O)OCc2ccccc2)NC(C)C(=O)OCc2ccccc2)CC1(F)F)NC=O. The van der Waals surface area contributed by atoms with E-state index in [4.69, 9.17) is 18.7 Å².